The number of amides is 2. The number of thiazole rings is 1. The Kier molecular flexibility index (Phi) is 4.94. The van der Waals surface area contributed by atoms with Crippen molar-refractivity contribution in [3.8, 4) is 5.69 Å². The van der Waals surface area contributed by atoms with E-state index in [-0.39, 0.29) is 12.1 Å². The minimum atomic E-state index is -0.146. The number of carbonyl (C=O) groups is 1. The number of benzene rings is 1. The van der Waals surface area contributed by atoms with Crippen LogP contribution >= 0.6 is 11.3 Å². The summed E-state index contributed by atoms with van der Waals surface area (Å²) in [6, 6.07) is 7.87. The van der Waals surface area contributed by atoms with Crippen LogP contribution in [0.1, 0.15) is 16.7 Å². The van der Waals surface area contributed by atoms with Gasteiger partial charge in [0.15, 0.2) is 0 Å². The minimum absolute atomic E-state index is 0.0877. The molecule has 8 heteroatoms. The Morgan fingerprint density at radius 3 is 3.08 bits per heavy atom. The number of nitrogens with one attached hydrogen (secondary N) is 1. The molecule has 0 spiro atoms. The topological polar surface area (TPSA) is 72.3 Å². The van der Waals surface area contributed by atoms with Crippen LogP contribution in [0.5, 0.6) is 0 Å². The van der Waals surface area contributed by atoms with Crippen LogP contribution < -0.4 is 5.32 Å². The second kappa shape index (κ2) is 7.67. The Hall–Kier alpha value is -2.71. The second-order valence-electron chi connectivity index (χ2n) is 5.93. The number of imidazole rings is 1. The molecule has 0 bridgehead atoms. The van der Waals surface area contributed by atoms with E-state index in [4.69, 9.17) is 4.74 Å². The average Bonchev–Trinajstić information content (AvgIpc) is 3.40. The Labute approximate surface area is 155 Å². The quantitative estimate of drug-likeness (QED) is 0.767. The summed E-state index contributed by atoms with van der Waals surface area (Å²) >= 11 is 1.55. The molecule has 1 N–H and O–H groups in total. The molecular formula is C18H19N5O2S. The fraction of sp³-hybridized carbons (Fsp3) is 0.278. The molecule has 134 valence electrons. The lowest BCUT2D eigenvalue weighted by Gasteiger charge is -2.32. The smallest absolute Gasteiger partial charge is 0.317 e. The van der Waals surface area contributed by atoms with Gasteiger partial charge < -0.3 is 19.5 Å². The van der Waals surface area contributed by atoms with Crippen LogP contribution in [-0.4, -0.2) is 45.2 Å². The lowest BCUT2D eigenvalue weighted by Crippen LogP contribution is -2.47. The van der Waals surface area contributed by atoms with Crippen molar-refractivity contribution in [2.45, 2.75) is 12.6 Å². The fourth-order valence-electron chi connectivity index (χ4n) is 2.97. The molecule has 2 amide bonds. The highest BCUT2D eigenvalue weighted by molar-refractivity contribution is 7.09. The van der Waals surface area contributed by atoms with E-state index in [9.17, 15) is 4.79 Å². The zero-order valence-electron chi connectivity index (χ0n) is 14.1. The number of carbonyl (C=O) groups excluding carboxylic acids is 1. The van der Waals surface area contributed by atoms with Crippen molar-refractivity contribution in [1.29, 1.82) is 0 Å². The number of hydrogen-bond donors (Lipinski definition) is 1. The number of rotatable bonds is 4. The molecule has 1 fully saturated rings. The van der Waals surface area contributed by atoms with Crippen molar-refractivity contribution >= 4 is 17.4 Å². The number of urea groups is 1. The van der Waals surface area contributed by atoms with E-state index in [1.165, 1.54) is 0 Å². The first kappa shape index (κ1) is 16.7. The van der Waals surface area contributed by atoms with Crippen molar-refractivity contribution < 1.29 is 9.53 Å². The SMILES string of the molecule is O=C(NCc1ccccc1-n1ccnc1)N1CCOC(c2nccs2)C1. The number of ether oxygens (including phenoxy) is 1. The van der Waals surface area contributed by atoms with E-state index in [0.29, 0.717) is 26.2 Å². The Balaban J connectivity index is 1.40. The van der Waals surface area contributed by atoms with Gasteiger partial charge in [0.2, 0.25) is 0 Å². The van der Waals surface area contributed by atoms with Gasteiger partial charge >= 0.3 is 6.03 Å². The Morgan fingerprint density at radius 1 is 1.35 bits per heavy atom. The van der Waals surface area contributed by atoms with Gasteiger partial charge in [0.05, 0.1) is 25.2 Å². The highest BCUT2D eigenvalue weighted by atomic mass is 32.1. The first-order valence-corrected chi connectivity index (χ1v) is 9.29. The lowest BCUT2D eigenvalue weighted by molar-refractivity contribution is -0.0155. The second-order valence-corrected chi connectivity index (χ2v) is 6.86. The van der Waals surface area contributed by atoms with Gasteiger partial charge in [0.25, 0.3) is 0 Å². The molecule has 1 atom stereocenters. The summed E-state index contributed by atoms with van der Waals surface area (Å²) in [5.41, 5.74) is 2.04. The zero-order chi connectivity index (χ0) is 17.8. The molecule has 26 heavy (non-hydrogen) atoms. The summed E-state index contributed by atoms with van der Waals surface area (Å²) in [6.07, 6.45) is 6.99. The molecule has 4 rings (SSSR count). The molecule has 1 aliphatic heterocycles. The van der Waals surface area contributed by atoms with Crippen molar-refractivity contribution in [3.63, 3.8) is 0 Å². The zero-order valence-corrected chi connectivity index (χ0v) is 14.9. The molecule has 2 aromatic heterocycles. The average molecular weight is 369 g/mol. The summed E-state index contributed by atoms with van der Waals surface area (Å²) in [7, 11) is 0. The van der Waals surface area contributed by atoms with Crippen LogP contribution in [0.4, 0.5) is 4.79 Å². The monoisotopic (exact) mass is 369 g/mol. The molecule has 1 aromatic carbocycles. The first-order valence-electron chi connectivity index (χ1n) is 8.41. The highest BCUT2D eigenvalue weighted by Crippen LogP contribution is 2.24. The molecule has 1 unspecified atom stereocenters. The van der Waals surface area contributed by atoms with E-state index in [0.717, 1.165) is 16.3 Å². The van der Waals surface area contributed by atoms with Gasteiger partial charge in [0, 0.05) is 37.1 Å². The molecule has 1 saturated heterocycles. The number of morpholine rings is 1. The standard InChI is InChI=1S/C18H19N5O2S/c24-18(22-8-9-25-16(12-22)17-20-6-10-26-17)21-11-14-3-1-2-4-15(14)23-7-5-19-13-23/h1-7,10,13,16H,8-9,11-12H2,(H,21,24). The van der Waals surface area contributed by atoms with E-state index in [1.807, 2.05) is 40.4 Å². The maximum Gasteiger partial charge on any atom is 0.317 e. The van der Waals surface area contributed by atoms with Gasteiger partial charge in [-0.05, 0) is 11.6 Å². The molecule has 0 radical (unpaired) electrons. The minimum Gasteiger partial charge on any atom is -0.367 e. The van der Waals surface area contributed by atoms with E-state index < -0.39 is 0 Å². The predicted molar refractivity (Wildman–Crippen MR) is 98.2 cm³/mol. The molecule has 7 nitrogen and oxygen atoms in total. The third-order valence-corrected chi connectivity index (χ3v) is 5.15. The summed E-state index contributed by atoms with van der Waals surface area (Å²) in [4.78, 5) is 22.8. The van der Waals surface area contributed by atoms with Gasteiger partial charge in [-0.15, -0.1) is 11.3 Å². The van der Waals surface area contributed by atoms with Crippen LogP contribution in [0, 0.1) is 0 Å². The van der Waals surface area contributed by atoms with E-state index in [2.05, 4.69) is 15.3 Å². The Morgan fingerprint density at radius 2 is 2.27 bits per heavy atom. The maximum atomic E-state index is 12.6. The summed E-state index contributed by atoms with van der Waals surface area (Å²) < 4.78 is 7.69. The molecule has 3 heterocycles. The van der Waals surface area contributed by atoms with Crippen molar-refractivity contribution in [3.05, 3.63) is 65.1 Å². The van der Waals surface area contributed by atoms with Gasteiger partial charge in [-0.2, -0.15) is 0 Å². The first-order chi connectivity index (χ1) is 12.8. The van der Waals surface area contributed by atoms with Crippen LogP contribution in [0.15, 0.2) is 54.6 Å². The fourth-order valence-corrected chi connectivity index (χ4v) is 3.65. The van der Waals surface area contributed by atoms with Crippen molar-refractivity contribution in [2.24, 2.45) is 0 Å². The number of para-hydroxylation sites is 1. The third kappa shape index (κ3) is 3.61. The summed E-state index contributed by atoms with van der Waals surface area (Å²) in [5, 5.41) is 5.85. The van der Waals surface area contributed by atoms with E-state index in [1.54, 1.807) is 35.0 Å². The number of hydrogen-bond acceptors (Lipinski definition) is 5. The van der Waals surface area contributed by atoms with Crippen LogP contribution in [0.25, 0.3) is 5.69 Å². The Bertz CT molecular complexity index is 850. The van der Waals surface area contributed by atoms with Crippen LogP contribution in [0.2, 0.25) is 0 Å². The van der Waals surface area contributed by atoms with Crippen LogP contribution in [-0.2, 0) is 11.3 Å². The van der Waals surface area contributed by atoms with Crippen molar-refractivity contribution in [1.82, 2.24) is 24.8 Å². The normalized spacial score (nSPS) is 17.2. The van der Waals surface area contributed by atoms with Crippen LogP contribution in [0.3, 0.4) is 0 Å². The molecule has 1 aliphatic rings. The molecular weight excluding hydrogens is 350 g/mol. The number of aromatic nitrogens is 3. The summed E-state index contributed by atoms with van der Waals surface area (Å²) in [6.45, 7) is 2.06. The third-order valence-electron chi connectivity index (χ3n) is 4.28. The molecule has 0 saturated carbocycles. The molecule has 3 aromatic rings. The van der Waals surface area contributed by atoms with Gasteiger partial charge in [0.1, 0.15) is 11.1 Å². The van der Waals surface area contributed by atoms with Gasteiger partial charge in [-0.1, -0.05) is 18.2 Å². The van der Waals surface area contributed by atoms with Crippen molar-refractivity contribution in [2.75, 3.05) is 19.7 Å². The van der Waals surface area contributed by atoms with E-state index >= 15 is 0 Å². The number of nitrogens with zero attached hydrogens (tertiary/aromatic N) is 4. The highest BCUT2D eigenvalue weighted by Gasteiger charge is 2.26. The molecule has 0 aliphatic carbocycles. The maximum absolute atomic E-state index is 12.6. The summed E-state index contributed by atoms with van der Waals surface area (Å²) in [5.74, 6) is 0. The largest absolute Gasteiger partial charge is 0.367 e. The van der Waals surface area contributed by atoms with Gasteiger partial charge in [-0.25, -0.2) is 14.8 Å². The predicted octanol–water partition coefficient (Wildman–Crippen LogP) is 2.61. The lowest BCUT2D eigenvalue weighted by atomic mass is 10.1. The van der Waals surface area contributed by atoms with Gasteiger partial charge in [-0.3, -0.25) is 0 Å².